The summed E-state index contributed by atoms with van der Waals surface area (Å²) in [5.41, 5.74) is 1.20. The highest BCUT2D eigenvalue weighted by molar-refractivity contribution is 9.10. The van der Waals surface area contributed by atoms with Crippen molar-refractivity contribution in [3.63, 3.8) is 0 Å². The summed E-state index contributed by atoms with van der Waals surface area (Å²) in [5, 5.41) is 4.11. The number of benzene rings is 2. The zero-order valence-electron chi connectivity index (χ0n) is 13.6. The average Bonchev–Trinajstić information content (AvgIpc) is 2.66. The molecule has 0 aliphatic heterocycles. The minimum Gasteiger partial charge on any atom is -0.479 e. The number of para-hydroxylation sites is 1. The second-order valence-corrected chi connectivity index (χ2v) is 6.60. The van der Waals surface area contributed by atoms with Crippen LogP contribution in [0.15, 0.2) is 59.2 Å². The van der Waals surface area contributed by atoms with Crippen molar-refractivity contribution in [3.8, 4) is 17.6 Å². The molecule has 0 aliphatic rings. The predicted octanol–water partition coefficient (Wildman–Crippen LogP) is 4.46. The van der Waals surface area contributed by atoms with Gasteiger partial charge in [0.15, 0.2) is 0 Å². The van der Waals surface area contributed by atoms with Crippen LogP contribution in [0.2, 0.25) is 5.02 Å². The molecule has 0 atom stereocenters. The van der Waals surface area contributed by atoms with Gasteiger partial charge in [-0.05, 0) is 30.3 Å². The van der Waals surface area contributed by atoms with Gasteiger partial charge in [-0.15, -0.1) is 0 Å². The van der Waals surface area contributed by atoms with E-state index in [-0.39, 0.29) is 19.1 Å². The molecule has 1 aromatic heterocycles. The second kappa shape index (κ2) is 8.70. The molecule has 130 valence electrons. The first-order valence-electron chi connectivity index (χ1n) is 7.80. The number of amides is 1. The first kappa shape index (κ1) is 18.2. The van der Waals surface area contributed by atoms with E-state index < -0.39 is 0 Å². The molecule has 0 unspecified atom stereocenters. The fraction of sp³-hybridized carbons (Fsp3) is 0.100. The van der Waals surface area contributed by atoms with Gasteiger partial charge < -0.3 is 10.1 Å². The van der Waals surface area contributed by atoms with Gasteiger partial charge >= 0.3 is 0 Å². The van der Waals surface area contributed by atoms with E-state index in [0.29, 0.717) is 16.3 Å². The maximum Gasteiger partial charge on any atom is 0.253 e. The molecule has 2 aromatic carbocycles. The Labute approximate surface area is 164 Å². The maximum absolute atomic E-state index is 12.1. The molecule has 4 nitrogen and oxygen atoms in total. The van der Waals surface area contributed by atoms with Crippen LogP contribution < -0.4 is 10.1 Å². The van der Waals surface area contributed by atoms with Crippen LogP contribution in [0.4, 0.5) is 0 Å². The molecule has 0 spiro atoms. The molecule has 1 heterocycles. The Morgan fingerprint density at radius 2 is 2.04 bits per heavy atom. The monoisotopic (exact) mass is 428 g/mol. The number of rotatable bonds is 4. The lowest BCUT2D eigenvalue weighted by Gasteiger charge is -2.05. The summed E-state index contributed by atoms with van der Waals surface area (Å²) in [6.45, 7) is 0.419. The van der Waals surface area contributed by atoms with Crippen LogP contribution in [-0.4, -0.2) is 24.0 Å². The van der Waals surface area contributed by atoms with Crippen molar-refractivity contribution in [2.24, 2.45) is 0 Å². The number of hydrogen-bond donors (Lipinski definition) is 1. The first-order valence-corrected chi connectivity index (χ1v) is 8.98. The van der Waals surface area contributed by atoms with Gasteiger partial charge in [0.2, 0.25) is 0 Å². The molecule has 0 saturated carbocycles. The van der Waals surface area contributed by atoms with Gasteiger partial charge in [0, 0.05) is 16.1 Å². The molecule has 6 heteroatoms. The highest BCUT2D eigenvalue weighted by Gasteiger charge is 2.09. The molecule has 0 bridgehead atoms. The summed E-state index contributed by atoms with van der Waals surface area (Å²) >= 11 is 9.34. The number of carbonyl (C=O) groups excluding carboxylic acids is 1. The SMILES string of the molecule is O=C(NCC#CCOc1cccc2cccnc12)c1cc(Br)ccc1Cl. The molecular weight excluding hydrogens is 416 g/mol. The third kappa shape index (κ3) is 4.54. The Kier molecular flexibility index (Phi) is 6.11. The van der Waals surface area contributed by atoms with Crippen LogP contribution >= 0.6 is 27.5 Å². The Bertz CT molecular complexity index is 1010. The highest BCUT2D eigenvalue weighted by atomic mass is 79.9. The Hall–Kier alpha value is -2.55. The number of pyridine rings is 1. The minimum absolute atomic E-state index is 0.207. The normalized spacial score (nSPS) is 10.1. The standard InChI is InChI=1S/C20H14BrClN2O2/c21-15-8-9-17(22)16(13-15)20(25)24-10-1-2-12-26-18-7-3-5-14-6-4-11-23-19(14)18/h3-9,11,13H,10,12H2,(H,24,25). The lowest BCUT2D eigenvalue weighted by molar-refractivity contribution is 0.0959. The van der Waals surface area contributed by atoms with E-state index in [9.17, 15) is 4.79 Å². The molecule has 0 fully saturated rings. The van der Waals surface area contributed by atoms with E-state index in [4.69, 9.17) is 16.3 Å². The summed E-state index contributed by atoms with van der Waals surface area (Å²) in [7, 11) is 0. The van der Waals surface area contributed by atoms with Crippen LogP contribution in [0.3, 0.4) is 0 Å². The first-order chi connectivity index (χ1) is 12.6. The average molecular weight is 430 g/mol. The van der Waals surface area contributed by atoms with Gasteiger partial charge in [0.25, 0.3) is 5.91 Å². The third-order valence-corrected chi connectivity index (χ3v) is 4.35. The van der Waals surface area contributed by atoms with Crippen LogP contribution in [0, 0.1) is 11.8 Å². The maximum atomic E-state index is 12.1. The molecule has 3 aromatic rings. The topological polar surface area (TPSA) is 51.2 Å². The zero-order chi connectivity index (χ0) is 18.4. The Balaban J connectivity index is 1.53. The van der Waals surface area contributed by atoms with Crippen molar-refractivity contribution < 1.29 is 9.53 Å². The fourth-order valence-corrected chi connectivity index (χ4v) is 2.88. The fourth-order valence-electron chi connectivity index (χ4n) is 2.31. The van der Waals surface area contributed by atoms with Crippen molar-refractivity contribution in [1.82, 2.24) is 10.3 Å². The lowest BCUT2D eigenvalue weighted by Crippen LogP contribution is -2.24. The van der Waals surface area contributed by atoms with Gasteiger partial charge in [-0.2, -0.15) is 0 Å². The summed E-state index contributed by atoms with van der Waals surface area (Å²) < 4.78 is 6.46. The van der Waals surface area contributed by atoms with Crippen LogP contribution in [0.1, 0.15) is 10.4 Å². The molecule has 0 aliphatic carbocycles. The van der Waals surface area contributed by atoms with Crippen LogP contribution in [0.25, 0.3) is 10.9 Å². The molecule has 1 N–H and O–H groups in total. The number of halogens is 2. The van der Waals surface area contributed by atoms with Crippen LogP contribution in [-0.2, 0) is 0 Å². The summed E-state index contributed by atoms with van der Waals surface area (Å²) in [4.78, 5) is 16.4. The van der Waals surface area contributed by atoms with E-state index >= 15 is 0 Å². The number of fused-ring (bicyclic) bond motifs is 1. The molecular formula is C20H14BrClN2O2. The second-order valence-electron chi connectivity index (χ2n) is 5.28. The summed E-state index contributed by atoms with van der Waals surface area (Å²) in [6, 6.07) is 14.7. The van der Waals surface area contributed by atoms with Crippen molar-refractivity contribution in [2.45, 2.75) is 0 Å². The Morgan fingerprint density at radius 1 is 1.19 bits per heavy atom. The summed E-state index contributed by atoms with van der Waals surface area (Å²) in [5.74, 6) is 6.14. The third-order valence-electron chi connectivity index (χ3n) is 3.53. The lowest BCUT2D eigenvalue weighted by atomic mass is 10.2. The van der Waals surface area contributed by atoms with Crippen LogP contribution in [0.5, 0.6) is 5.75 Å². The van der Waals surface area contributed by atoms with Crippen molar-refractivity contribution in [1.29, 1.82) is 0 Å². The van der Waals surface area contributed by atoms with E-state index in [2.05, 4.69) is 38.1 Å². The number of nitrogens with zero attached hydrogens (tertiary/aromatic N) is 1. The van der Waals surface area contributed by atoms with Gasteiger partial charge in [-0.1, -0.05) is 57.6 Å². The van der Waals surface area contributed by atoms with Crippen molar-refractivity contribution in [2.75, 3.05) is 13.2 Å². The largest absolute Gasteiger partial charge is 0.479 e. The summed E-state index contributed by atoms with van der Waals surface area (Å²) in [6.07, 6.45) is 1.73. The Morgan fingerprint density at radius 3 is 2.92 bits per heavy atom. The van der Waals surface area contributed by atoms with Crippen molar-refractivity contribution in [3.05, 3.63) is 69.8 Å². The minimum atomic E-state index is -0.273. The molecule has 0 saturated heterocycles. The van der Waals surface area contributed by atoms with Crippen molar-refractivity contribution >= 4 is 44.3 Å². The molecule has 1 amide bonds. The molecule has 0 radical (unpaired) electrons. The molecule has 26 heavy (non-hydrogen) atoms. The predicted molar refractivity (Wildman–Crippen MR) is 106 cm³/mol. The van der Waals surface area contributed by atoms with E-state index in [1.807, 2.05) is 30.3 Å². The van der Waals surface area contributed by atoms with Gasteiger partial charge in [0.1, 0.15) is 17.9 Å². The van der Waals surface area contributed by atoms with Gasteiger partial charge in [-0.25, -0.2) is 0 Å². The number of nitrogens with one attached hydrogen (secondary N) is 1. The number of aromatic nitrogens is 1. The van der Waals surface area contributed by atoms with E-state index in [0.717, 1.165) is 15.4 Å². The molecule has 3 rings (SSSR count). The smallest absolute Gasteiger partial charge is 0.253 e. The quantitative estimate of drug-likeness (QED) is 0.623. The van der Waals surface area contributed by atoms with Gasteiger partial charge in [-0.3, -0.25) is 9.78 Å². The van der Waals surface area contributed by atoms with Gasteiger partial charge in [0.05, 0.1) is 17.1 Å². The van der Waals surface area contributed by atoms with E-state index in [1.54, 1.807) is 24.4 Å². The number of hydrogen-bond acceptors (Lipinski definition) is 3. The number of ether oxygens (including phenoxy) is 1. The van der Waals surface area contributed by atoms with E-state index in [1.165, 1.54) is 0 Å². The zero-order valence-corrected chi connectivity index (χ0v) is 16.0. The highest BCUT2D eigenvalue weighted by Crippen LogP contribution is 2.22. The number of carbonyl (C=O) groups is 1.